The summed E-state index contributed by atoms with van der Waals surface area (Å²) >= 11 is 4.36. The van der Waals surface area contributed by atoms with Crippen molar-refractivity contribution in [2.24, 2.45) is 9.98 Å². The molecule has 10 heterocycles. The number of carbonyl (C=O) groups excluding carboxylic acids is 4. The van der Waals surface area contributed by atoms with Crippen LogP contribution >= 0.6 is 45.2 Å². The van der Waals surface area contributed by atoms with E-state index in [4.69, 9.17) is 39.6 Å². The lowest BCUT2D eigenvalue weighted by Crippen LogP contribution is -2.19. The molecule has 5 aromatic heterocycles. The summed E-state index contributed by atoms with van der Waals surface area (Å²) in [5.41, 5.74) is 19.5. The molecular formula is C82H80FI2N11O13. The number of hydrogen-bond donors (Lipinski definition) is 2. The Balaban J connectivity index is 0.000000134. The number of aliphatic imine (C=N–C) groups is 2. The average molecular weight is 1700 g/mol. The van der Waals surface area contributed by atoms with E-state index in [2.05, 4.69) is 79.7 Å². The number of aromatic carboxylic acids is 1. The Hall–Kier alpha value is -10.7. The Bertz CT molecular complexity index is 5150. The molecule has 11 aromatic rings. The molecule has 27 heteroatoms. The van der Waals surface area contributed by atoms with Gasteiger partial charge in [0.15, 0.2) is 18.7 Å². The number of pyridine rings is 2. The molecule has 16 rings (SSSR count). The second kappa shape index (κ2) is 38.4. The summed E-state index contributed by atoms with van der Waals surface area (Å²) in [6, 6.07) is 43.0. The van der Waals surface area contributed by atoms with Crippen LogP contribution in [0.2, 0.25) is 0 Å². The molecule has 24 nitrogen and oxygen atoms in total. The summed E-state index contributed by atoms with van der Waals surface area (Å²) in [6.45, 7) is 5.48. The van der Waals surface area contributed by atoms with Gasteiger partial charge in [0.05, 0.1) is 109 Å². The normalized spacial score (nSPS) is 16.1. The minimum Gasteiger partial charge on any atom is -0.478 e. The molecule has 3 unspecified atom stereocenters. The summed E-state index contributed by atoms with van der Waals surface area (Å²) in [7, 11) is 5.53. The van der Waals surface area contributed by atoms with E-state index in [1.807, 2.05) is 123 Å². The Labute approximate surface area is 655 Å². The number of benzene rings is 6. The molecule has 0 aliphatic carbocycles. The van der Waals surface area contributed by atoms with E-state index in [1.54, 1.807) is 74.1 Å². The maximum Gasteiger partial charge on any atom is 0.337 e. The molecule has 0 spiro atoms. The molecule has 562 valence electrons. The van der Waals surface area contributed by atoms with Crippen LogP contribution in [0.5, 0.6) is 0 Å². The zero-order chi connectivity index (χ0) is 76.9. The quantitative estimate of drug-likeness (QED) is 0.0497. The number of methoxy groups -OCH3 is 4. The standard InChI is InChI=1S/C21H21N3O3.C20H19N3O3.C14H15IN2O3.C10H8INO2.C10H9NO2.C7H8FN/c1-26-21(25)15-8-11-19-17(14-15)18(10-9-16-6-2-4-12-22-16)23-24(19)20-7-3-5-13-27-20;24-20(25)14-7-10-18-16(13-14)17(9-8-15-5-1-3-11-21-15)22-23(18)19-6-2-4-12-26-19;1-19-14(18)9-5-6-11-10(8-9)13(15)16-17(11)12-4-2-3-7-20-12;1-14-10(13)6-2-3-7-5-12-9(11)8(7)4-6;1-13-10(12)7-2-3-8-5-11-6-9(8)4-7;1-5-2-6(8)4-7(9)3-5/h2,4,6,8-12,14,20H,3,5,7,13H2,1H3;1,3,5,7-11,13,19H,2,4,6,12H2,(H,24,25);5-6,8,12H,2-4,7H2,1H3;2-4H,5H2,1H3;2-4,6H,5H2,1H3;2-4H,9H2,1H3/b10-9+;9-8+;;;;. The zero-order valence-electron chi connectivity index (χ0n) is 60.6. The monoisotopic (exact) mass is 1700 g/mol. The van der Waals surface area contributed by atoms with Crippen molar-refractivity contribution < 1.29 is 66.6 Å². The van der Waals surface area contributed by atoms with Gasteiger partial charge in [-0.1, -0.05) is 24.3 Å². The van der Waals surface area contributed by atoms with Gasteiger partial charge in [0.1, 0.15) is 13.2 Å². The lowest BCUT2D eigenvalue weighted by molar-refractivity contribution is -0.0369. The van der Waals surface area contributed by atoms with E-state index in [0.29, 0.717) is 33.6 Å². The summed E-state index contributed by atoms with van der Waals surface area (Å²) in [4.78, 5) is 74.3. The molecule has 5 aliphatic heterocycles. The summed E-state index contributed by atoms with van der Waals surface area (Å²) < 4.78 is 56.4. The van der Waals surface area contributed by atoms with Crippen molar-refractivity contribution >= 4 is 148 Å². The first-order valence-corrected chi connectivity index (χ1v) is 37.4. The van der Waals surface area contributed by atoms with Gasteiger partial charge in [-0.3, -0.25) is 20.0 Å². The number of aryl methyl sites for hydroxylation is 1. The lowest BCUT2D eigenvalue weighted by Gasteiger charge is -2.23. The van der Waals surface area contributed by atoms with E-state index >= 15 is 0 Å². The van der Waals surface area contributed by atoms with Crippen LogP contribution < -0.4 is 5.73 Å². The summed E-state index contributed by atoms with van der Waals surface area (Å²) in [5, 5.41) is 26.0. The van der Waals surface area contributed by atoms with Gasteiger partial charge in [-0.15, -0.1) is 0 Å². The third kappa shape index (κ3) is 20.6. The number of fused-ring (bicyclic) bond motifs is 5. The Kier molecular flexibility index (Phi) is 27.9. The highest BCUT2D eigenvalue weighted by Crippen LogP contribution is 2.34. The van der Waals surface area contributed by atoms with Crippen LogP contribution in [-0.2, 0) is 46.2 Å². The van der Waals surface area contributed by atoms with Crippen molar-refractivity contribution in [2.45, 2.75) is 96.5 Å². The topological polar surface area (TPSA) is 300 Å². The Morgan fingerprint density at radius 1 is 0.514 bits per heavy atom. The molecule has 3 fully saturated rings. The Morgan fingerprint density at radius 3 is 1.42 bits per heavy atom. The molecule has 3 N–H and O–H groups in total. The van der Waals surface area contributed by atoms with Gasteiger partial charge in [0.25, 0.3) is 0 Å². The van der Waals surface area contributed by atoms with Crippen LogP contribution in [0.1, 0.15) is 179 Å². The van der Waals surface area contributed by atoms with Gasteiger partial charge in [-0.25, -0.2) is 42.4 Å². The highest BCUT2D eigenvalue weighted by Gasteiger charge is 2.26. The number of carboxylic acid groups (broad SMARTS) is 1. The van der Waals surface area contributed by atoms with Crippen LogP contribution in [0.15, 0.2) is 168 Å². The van der Waals surface area contributed by atoms with Crippen LogP contribution in [0.4, 0.5) is 10.1 Å². The molecule has 6 aromatic carbocycles. The lowest BCUT2D eigenvalue weighted by atomic mass is 10.1. The first-order chi connectivity index (χ1) is 52.9. The summed E-state index contributed by atoms with van der Waals surface area (Å²) in [6.07, 6.45) is 22.1. The molecule has 0 radical (unpaired) electrons. The van der Waals surface area contributed by atoms with Crippen molar-refractivity contribution in [1.29, 1.82) is 0 Å². The smallest absolute Gasteiger partial charge is 0.337 e. The number of halogens is 3. The van der Waals surface area contributed by atoms with E-state index in [0.717, 1.165) is 170 Å². The van der Waals surface area contributed by atoms with Gasteiger partial charge in [-0.2, -0.15) is 15.3 Å². The maximum atomic E-state index is 12.3. The summed E-state index contributed by atoms with van der Waals surface area (Å²) in [5.74, 6) is -2.52. The number of nitrogens with two attached hydrogens (primary N) is 1. The second-order valence-corrected chi connectivity index (χ2v) is 27.5. The highest BCUT2D eigenvalue weighted by atomic mass is 127. The molecule has 0 amide bonds. The van der Waals surface area contributed by atoms with Crippen molar-refractivity contribution in [3.8, 4) is 0 Å². The number of hydrogen-bond acceptors (Lipinski definition) is 20. The maximum absolute atomic E-state index is 12.3. The van der Waals surface area contributed by atoms with Crippen molar-refractivity contribution in [2.75, 3.05) is 54.0 Å². The number of ether oxygens (including phenoxy) is 7. The third-order valence-corrected chi connectivity index (χ3v) is 19.7. The average Bonchev–Trinajstić information content (AvgIpc) is 1.65. The number of anilines is 1. The van der Waals surface area contributed by atoms with Crippen molar-refractivity contribution in [3.63, 3.8) is 0 Å². The van der Waals surface area contributed by atoms with Gasteiger partial charge < -0.3 is 44.0 Å². The predicted octanol–water partition coefficient (Wildman–Crippen LogP) is 16.5. The fraction of sp³-hybridized carbons (Fsp3) is 0.268. The van der Waals surface area contributed by atoms with Crippen molar-refractivity contribution in [3.05, 3.63) is 246 Å². The van der Waals surface area contributed by atoms with E-state index in [-0.39, 0.29) is 53.9 Å². The first kappa shape index (κ1) is 79.3. The van der Waals surface area contributed by atoms with E-state index in [9.17, 15) is 33.5 Å². The zero-order valence-corrected chi connectivity index (χ0v) is 64.9. The van der Waals surface area contributed by atoms with Crippen LogP contribution in [0, 0.1) is 16.4 Å². The van der Waals surface area contributed by atoms with Crippen molar-refractivity contribution in [1.82, 2.24) is 39.3 Å². The number of carbonyl (C=O) groups is 5. The van der Waals surface area contributed by atoms with E-state index in [1.165, 1.54) is 46.1 Å². The van der Waals surface area contributed by atoms with Gasteiger partial charge in [0, 0.05) is 65.8 Å². The van der Waals surface area contributed by atoms with Gasteiger partial charge in [0.2, 0.25) is 0 Å². The number of nitrogens with zero attached hydrogens (tertiary/aromatic N) is 10. The fourth-order valence-electron chi connectivity index (χ4n) is 12.5. The minimum atomic E-state index is -0.951. The van der Waals surface area contributed by atoms with Gasteiger partial charge in [-0.05, 0) is 278 Å². The molecular weight excluding hydrogens is 1620 g/mol. The van der Waals surface area contributed by atoms with Crippen LogP contribution in [0.3, 0.4) is 0 Å². The van der Waals surface area contributed by atoms with Crippen LogP contribution in [-0.4, -0.2) is 132 Å². The fourth-order valence-corrected chi connectivity index (χ4v) is 13.8. The molecule has 3 saturated heterocycles. The van der Waals surface area contributed by atoms with Crippen LogP contribution in [0.25, 0.3) is 57.0 Å². The largest absolute Gasteiger partial charge is 0.478 e. The molecule has 5 aliphatic rings. The second-order valence-electron chi connectivity index (χ2n) is 25.4. The molecule has 0 saturated carbocycles. The number of rotatable bonds is 12. The first-order valence-electron chi connectivity index (χ1n) is 35.2. The van der Waals surface area contributed by atoms with Gasteiger partial charge >= 0.3 is 29.8 Å². The Morgan fingerprint density at radius 2 is 0.963 bits per heavy atom. The SMILES string of the molecule is COC(=O)c1ccc2c(c1)C(I)=NC2.COC(=O)c1ccc2c(c1)C=NC2.COC(=O)c1ccc2c(c1)c(/C=C/c1ccccn1)nn2C1CCCCO1.COC(=O)c1ccc2c(c1)c(I)nn2C1CCCCO1.Cc1cc(N)cc(F)c1.O=C(O)c1ccc2c(c1)c(/C=C/c1ccccn1)nn2C1CCCCO1. The number of esters is 4. The minimum absolute atomic E-state index is 0.00116. The highest BCUT2D eigenvalue weighted by molar-refractivity contribution is 14.1. The number of aromatic nitrogens is 8. The van der Waals surface area contributed by atoms with E-state index < -0.39 is 5.97 Å². The molecule has 3 atom stereocenters. The molecule has 109 heavy (non-hydrogen) atoms. The third-order valence-electron chi connectivity index (χ3n) is 18.0. The molecule has 0 bridgehead atoms. The number of nitrogen functional groups attached to an aromatic ring is 1. The predicted molar refractivity (Wildman–Crippen MR) is 431 cm³/mol. The number of carboxylic acids is 1.